The highest BCUT2D eigenvalue weighted by atomic mass is 16.5. The number of ether oxygens (including phenoxy) is 1. The summed E-state index contributed by atoms with van der Waals surface area (Å²) in [4.78, 5) is 41.8. The maximum Gasteiger partial charge on any atom is 0.338 e. The van der Waals surface area contributed by atoms with Gasteiger partial charge in [-0.15, -0.1) is 0 Å². The zero-order valence-corrected chi connectivity index (χ0v) is 17.4. The number of amides is 1. The highest BCUT2D eigenvalue weighted by molar-refractivity contribution is 5.95. The first-order chi connectivity index (χ1) is 13.9. The number of aryl methyl sites for hydroxylation is 1. The van der Waals surface area contributed by atoms with Gasteiger partial charge in [0.05, 0.1) is 16.5 Å². The molecule has 1 amide bonds. The number of hydrogen-bond acceptors (Lipinski definition) is 5. The molecule has 1 aromatic heterocycles. The Morgan fingerprint density at radius 3 is 2.69 bits per heavy atom. The summed E-state index contributed by atoms with van der Waals surface area (Å²) < 4.78 is 6.90. The van der Waals surface area contributed by atoms with Gasteiger partial charge >= 0.3 is 5.97 Å². The lowest BCUT2D eigenvalue weighted by Crippen LogP contribution is -2.38. The molecular weight excluding hydrogens is 370 g/mol. The van der Waals surface area contributed by atoms with Gasteiger partial charge in [-0.3, -0.25) is 14.2 Å². The summed E-state index contributed by atoms with van der Waals surface area (Å²) in [5.74, 6) is 0.126. The molecule has 0 unspecified atom stereocenters. The molecule has 7 nitrogen and oxygen atoms in total. The predicted molar refractivity (Wildman–Crippen MR) is 111 cm³/mol. The molecule has 0 aliphatic carbocycles. The lowest BCUT2D eigenvalue weighted by molar-refractivity contribution is -0.125. The highest BCUT2D eigenvalue weighted by Crippen LogP contribution is 2.17. The topological polar surface area (TPSA) is 90.3 Å². The van der Waals surface area contributed by atoms with Crippen LogP contribution in [0.2, 0.25) is 0 Å². The Bertz CT molecular complexity index is 964. The molecule has 1 aliphatic rings. The van der Waals surface area contributed by atoms with E-state index in [9.17, 15) is 14.4 Å². The minimum Gasteiger partial charge on any atom is -0.452 e. The highest BCUT2D eigenvalue weighted by Gasteiger charge is 2.17. The monoisotopic (exact) mass is 399 g/mol. The maximum absolute atomic E-state index is 12.8. The summed E-state index contributed by atoms with van der Waals surface area (Å²) in [6.07, 6.45) is 5.00. The molecule has 0 spiro atoms. The molecule has 2 aromatic rings. The first kappa shape index (κ1) is 21.0. The van der Waals surface area contributed by atoms with E-state index in [0.29, 0.717) is 23.4 Å². The Kier molecular flexibility index (Phi) is 6.67. The summed E-state index contributed by atoms with van der Waals surface area (Å²) in [7, 11) is 0. The zero-order chi connectivity index (χ0) is 21.0. The number of nitrogens with zero attached hydrogens (tertiary/aromatic N) is 2. The van der Waals surface area contributed by atoms with Gasteiger partial charge in [0.2, 0.25) is 0 Å². The van der Waals surface area contributed by atoms with Gasteiger partial charge < -0.3 is 10.1 Å². The molecule has 156 valence electrons. The molecule has 1 aromatic carbocycles. The van der Waals surface area contributed by atoms with Crippen molar-refractivity contribution >= 4 is 22.8 Å². The smallest absolute Gasteiger partial charge is 0.338 e. The van der Waals surface area contributed by atoms with E-state index in [1.54, 1.807) is 22.8 Å². The number of aromatic nitrogens is 2. The van der Waals surface area contributed by atoms with Crippen LogP contribution in [0.3, 0.4) is 0 Å². The van der Waals surface area contributed by atoms with Crippen LogP contribution < -0.4 is 10.9 Å². The molecule has 0 bridgehead atoms. The number of benzene rings is 1. The van der Waals surface area contributed by atoms with E-state index in [-0.39, 0.29) is 29.7 Å². The van der Waals surface area contributed by atoms with Gasteiger partial charge in [-0.05, 0) is 43.9 Å². The molecule has 3 rings (SSSR count). The molecule has 0 fully saturated rings. The van der Waals surface area contributed by atoms with Crippen LogP contribution in [0, 0.1) is 5.92 Å². The van der Waals surface area contributed by atoms with E-state index in [2.05, 4.69) is 10.3 Å². The summed E-state index contributed by atoms with van der Waals surface area (Å²) in [6, 6.07) is 4.75. The molecule has 0 saturated heterocycles. The van der Waals surface area contributed by atoms with Crippen molar-refractivity contribution in [3.8, 4) is 0 Å². The van der Waals surface area contributed by atoms with Crippen molar-refractivity contribution in [1.82, 2.24) is 14.9 Å². The van der Waals surface area contributed by atoms with Gasteiger partial charge in [-0.2, -0.15) is 0 Å². The number of fused-ring (bicyclic) bond motifs is 2. The first-order valence-corrected chi connectivity index (χ1v) is 10.4. The van der Waals surface area contributed by atoms with E-state index in [4.69, 9.17) is 4.74 Å². The Morgan fingerprint density at radius 1 is 1.17 bits per heavy atom. The summed E-state index contributed by atoms with van der Waals surface area (Å²) in [5, 5.41) is 3.29. The van der Waals surface area contributed by atoms with Crippen LogP contribution in [-0.4, -0.2) is 34.1 Å². The number of carbonyl (C=O) groups is 2. The number of nitrogens with one attached hydrogen (secondary N) is 1. The van der Waals surface area contributed by atoms with Crippen LogP contribution in [0.5, 0.6) is 0 Å². The Hall–Kier alpha value is -2.70. The van der Waals surface area contributed by atoms with E-state index in [0.717, 1.165) is 37.9 Å². The average molecular weight is 399 g/mol. The van der Waals surface area contributed by atoms with E-state index in [1.165, 1.54) is 0 Å². The SMILES string of the molecule is CC(C)[C@H](C)NC(=O)COC(=O)c1ccc2c(=O)n3c(nc2c1)CCCCCC3. The van der Waals surface area contributed by atoms with Gasteiger partial charge in [0.25, 0.3) is 11.5 Å². The van der Waals surface area contributed by atoms with Gasteiger partial charge in [0, 0.05) is 19.0 Å². The van der Waals surface area contributed by atoms with Gasteiger partial charge in [0.15, 0.2) is 6.61 Å². The minimum atomic E-state index is -0.604. The molecule has 7 heteroatoms. The van der Waals surface area contributed by atoms with E-state index in [1.807, 2.05) is 20.8 Å². The second kappa shape index (κ2) is 9.20. The van der Waals surface area contributed by atoms with Crippen molar-refractivity contribution in [2.45, 2.75) is 65.5 Å². The molecule has 2 heterocycles. The largest absolute Gasteiger partial charge is 0.452 e. The van der Waals surface area contributed by atoms with Crippen LogP contribution in [0.15, 0.2) is 23.0 Å². The van der Waals surface area contributed by atoms with Crippen LogP contribution in [0.25, 0.3) is 10.9 Å². The summed E-state index contributed by atoms with van der Waals surface area (Å²) in [6.45, 7) is 6.26. The quantitative estimate of drug-likeness (QED) is 0.781. The molecule has 1 N–H and O–H groups in total. The van der Waals surface area contributed by atoms with Crippen molar-refractivity contribution in [3.05, 3.63) is 39.9 Å². The number of hydrogen-bond donors (Lipinski definition) is 1. The normalized spacial score (nSPS) is 15.3. The molecule has 1 atom stereocenters. The fraction of sp³-hybridized carbons (Fsp3) is 0.545. The Balaban J connectivity index is 1.76. The Labute approximate surface area is 170 Å². The fourth-order valence-corrected chi connectivity index (χ4v) is 3.40. The van der Waals surface area contributed by atoms with Crippen LogP contribution in [0.4, 0.5) is 0 Å². The van der Waals surface area contributed by atoms with Crippen LogP contribution >= 0.6 is 0 Å². The minimum absolute atomic E-state index is 0.00138. The second-order valence-corrected chi connectivity index (χ2v) is 8.06. The first-order valence-electron chi connectivity index (χ1n) is 10.4. The fourth-order valence-electron chi connectivity index (χ4n) is 3.40. The Morgan fingerprint density at radius 2 is 1.93 bits per heavy atom. The molecule has 0 radical (unpaired) electrons. The van der Waals surface area contributed by atoms with Gasteiger partial charge in [0.1, 0.15) is 5.82 Å². The average Bonchev–Trinajstić information content (AvgIpc) is 2.67. The van der Waals surface area contributed by atoms with Gasteiger partial charge in [-0.1, -0.05) is 26.7 Å². The number of rotatable bonds is 5. The van der Waals surface area contributed by atoms with Crippen molar-refractivity contribution in [3.63, 3.8) is 0 Å². The standard InChI is InChI=1S/C22H29N3O4/c1-14(2)15(3)23-20(26)13-29-22(28)16-9-10-17-18(12-16)24-19-8-6-4-5-7-11-25(19)21(17)27/h9-10,12,14-15H,4-8,11,13H2,1-3H3,(H,23,26)/t15-/m0/s1. The summed E-state index contributed by atoms with van der Waals surface area (Å²) >= 11 is 0. The van der Waals surface area contributed by atoms with E-state index >= 15 is 0 Å². The van der Waals surface area contributed by atoms with E-state index < -0.39 is 5.97 Å². The number of esters is 1. The zero-order valence-electron chi connectivity index (χ0n) is 17.4. The number of carbonyl (C=O) groups excluding carboxylic acids is 2. The predicted octanol–water partition coefficient (Wildman–Crippen LogP) is 2.83. The molecule has 29 heavy (non-hydrogen) atoms. The third kappa shape index (κ3) is 5.02. The van der Waals surface area contributed by atoms with Crippen LogP contribution in [-0.2, 0) is 22.5 Å². The van der Waals surface area contributed by atoms with Gasteiger partial charge in [-0.25, -0.2) is 9.78 Å². The maximum atomic E-state index is 12.8. The van der Waals surface area contributed by atoms with Crippen molar-refractivity contribution in [2.24, 2.45) is 5.92 Å². The lowest BCUT2D eigenvalue weighted by atomic mass is 10.1. The molecule has 1 aliphatic heterocycles. The van der Waals surface area contributed by atoms with Crippen molar-refractivity contribution in [1.29, 1.82) is 0 Å². The second-order valence-electron chi connectivity index (χ2n) is 8.06. The lowest BCUT2D eigenvalue weighted by Gasteiger charge is -2.17. The molecular formula is C22H29N3O4. The third-order valence-corrected chi connectivity index (χ3v) is 5.53. The molecule has 0 saturated carbocycles. The third-order valence-electron chi connectivity index (χ3n) is 5.53. The van der Waals surface area contributed by atoms with Crippen LogP contribution in [0.1, 0.15) is 62.6 Å². The van der Waals surface area contributed by atoms with Crippen molar-refractivity contribution < 1.29 is 14.3 Å². The van der Waals surface area contributed by atoms with Crippen molar-refractivity contribution in [2.75, 3.05) is 6.61 Å². The summed E-state index contributed by atoms with van der Waals surface area (Å²) in [5.41, 5.74) is 0.716.